The monoisotopic (exact) mass is 219 g/mol. The summed E-state index contributed by atoms with van der Waals surface area (Å²) in [6.07, 6.45) is -0.898. The highest BCUT2D eigenvalue weighted by Crippen LogP contribution is 2.21. The fourth-order valence-corrected chi connectivity index (χ4v) is 1.56. The molecule has 0 saturated carbocycles. The highest BCUT2D eigenvalue weighted by molar-refractivity contribution is 5.64. The molecule has 1 heterocycles. The third-order valence-electron chi connectivity index (χ3n) is 2.32. The molecule has 90 valence electrons. The number of carboxylic acid groups (broad SMARTS) is 1. The van der Waals surface area contributed by atoms with Crippen LogP contribution in [0.15, 0.2) is 0 Å². The molecule has 0 aromatic heterocycles. The van der Waals surface area contributed by atoms with Crippen LogP contribution >= 0.6 is 0 Å². The first-order valence-electron chi connectivity index (χ1n) is 5.30. The van der Waals surface area contributed by atoms with Gasteiger partial charge in [0.15, 0.2) is 6.29 Å². The van der Waals surface area contributed by atoms with E-state index in [-0.39, 0.29) is 12.1 Å². The zero-order chi connectivity index (χ0) is 12.0. The summed E-state index contributed by atoms with van der Waals surface area (Å²) in [6, 6.07) is -0.142. The maximum absolute atomic E-state index is 10.6. The molecule has 1 saturated heterocycles. The predicted molar refractivity (Wildman–Crippen MR) is 56.7 cm³/mol. The van der Waals surface area contributed by atoms with Gasteiger partial charge in [-0.1, -0.05) is 13.8 Å². The zero-order valence-corrected chi connectivity index (χ0v) is 9.80. The molecule has 0 radical (unpaired) electrons. The molecular formula is C10H21NO4. The summed E-state index contributed by atoms with van der Waals surface area (Å²) in [5.41, 5.74) is 0. The van der Waals surface area contributed by atoms with Gasteiger partial charge in [0.05, 0.1) is 6.10 Å². The Kier molecular flexibility index (Phi) is 6.27. The lowest BCUT2D eigenvalue weighted by molar-refractivity contribution is -0.171. The minimum Gasteiger partial charge on any atom is -0.465 e. The van der Waals surface area contributed by atoms with Gasteiger partial charge in [0, 0.05) is 19.5 Å². The molecule has 0 aromatic carbocycles. The van der Waals surface area contributed by atoms with E-state index < -0.39 is 12.4 Å². The number of amides is 1. The smallest absolute Gasteiger partial charge is 0.407 e. The third kappa shape index (κ3) is 4.48. The average Bonchev–Trinajstić information content (AvgIpc) is 2.18. The number of nitrogens with zero attached hydrogens (tertiary/aromatic N) is 1. The molecule has 5 heteroatoms. The van der Waals surface area contributed by atoms with Gasteiger partial charge in [-0.05, 0) is 13.3 Å². The second-order valence-corrected chi connectivity index (χ2v) is 3.42. The van der Waals surface area contributed by atoms with Gasteiger partial charge in [-0.25, -0.2) is 4.79 Å². The van der Waals surface area contributed by atoms with Gasteiger partial charge >= 0.3 is 6.09 Å². The molecule has 0 bridgehead atoms. The Balaban J connectivity index is 0.000000921. The molecule has 1 aliphatic heterocycles. The van der Waals surface area contributed by atoms with Crippen LogP contribution in [0.1, 0.15) is 33.6 Å². The Bertz CT molecular complexity index is 188. The van der Waals surface area contributed by atoms with E-state index in [0.29, 0.717) is 12.8 Å². The second-order valence-electron chi connectivity index (χ2n) is 3.42. The number of aliphatic hydroxyl groups is 1. The van der Waals surface area contributed by atoms with E-state index in [1.807, 2.05) is 20.8 Å². The second kappa shape index (κ2) is 6.63. The van der Waals surface area contributed by atoms with Crippen molar-refractivity contribution < 1.29 is 19.7 Å². The van der Waals surface area contributed by atoms with Crippen LogP contribution in [-0.2, 0) is 4.74 Å². The molecule has 5 nitrogen and oxygen atoms in total. The van der Waals surface area contributed by atoms with Gasteiger partial charge in [0.1, 0.15) is 0 Å². The Morgan fingerprint density at radius 3 is 2.33 bits per heavy atom. The maximum Gasteiger partial charge on any atom is 0.407 e. The molecule has 2 N–H and O–H groups in total. The summed E-state index contributed by atoms with van der Waals surface area (Å²) in [5.74, 6) is 0. The molecule has 0 spiro atoms. The maximum atomic E-state index is 10.6. The molecule has 0 aliphatic carbocycles. The number of aliphatic hydroxyl groups excluding tert-OH is 1. The largest absolute Gasteiger partial charge is 0.465 e. The Labute approximate surface area is 90.6 Å². The fraction of sp³-hybridized carbons (Fsp3) is 0.900. The van der Waals surface area contributed by atoms with Crippen LogP contribution in [0, 0.1) is 0 Å². The van der Waals surface area contributed by atoms with Crippen LogP contribution < -0.4 is 0 Å². The number of hydrogen-bond acceptors (Lipinski definition) is 3. The van der Waals surface area contributed by atoms with Crippen molar-refractivity contribution in [2.45, 2.75) is 52.0 Å². The van der Waals surface area contributed by atoms with Crippen molar-refractivity contribution >= 4 is 6.09 Å². The highest BCUT2D eigenvalue weighted by atomic mass is 16.6. The van der Waals surface area contributed by atoms with E-state index in [0.717, 1.165) is 0 Å². The van der Waals surface area contributed by atoms with Crippen LogP contribution in [0.4, 0.5) is 4.79 Å². The van der Waals surface area contributed by atoms with E-state index in [2.05, 4.69) is 0 Å². The van der Waals surface area contributed by atoms with Gasteiger partial charge < -0.3 is 19.8 Å². The van der Waals surface area contributed by atoms with Crippen LogP contribution in [0.25, 0.3) is 0 Å². The third-order valence-corrected chi connectivity index (χ3v) is 2.32. The molecule has 1 amide bonds. The van der Waals surface area contributed by atoms with Crippen LogP contribution in [0.2, 0.25) is 0 Å². The topological polar surface area (TPSA) is 70.0 Å². The average molecular weight is 219 g/mol. The van der Waals surface area contributed by atoms with Crippen LogP contribution in [0.3, 0.4) is 0 Å². The lowest BCUT2D eigenvalue weighted by Crippen LogP contribution is -2.45. The summed E-state index contributed by atoms with van der Waals surface area (Å²) in [5, 5.41) is 17.9. The highest BCUT2D eigenvalue weighted by Gasteiger charge is 2.30. The summed E-state index contributed by atoms with van der Waals surface area (Å²) in [6.45, 7) is 5.82. The summed E-state index contributed by atoms with van der Waals surface area (Å²) >= 11 is 0. The van der Waals surface area contributed by atoms with Crippen molar-refractivity contribution in [3.05, 3.63) is 0 Å². The SMILES string of the molecule is CC.CC1CC(N(C)C(=O)O)CC(O)O1. The minimum absolute atomic E-state index is 0.0875. The Morgan fingerprint density at radius 2 is 1.93 bits per heavy atom. The Hall–Kier alpha value is -0.810. The van der Waals surface area contributed by atoms with Gasteiger partial charge in [0.25, 0.3) is 0 Å². The van der Waals surface area contributed by atoms with Gasteiger partial charge in [-0.15, -0.1) is 0 Å². The standard InChI is InChI=1S/C8H15NO4.C2H6/c1-5-3-6(4-7(10)13-5)9(2)8(11)12;1-2/h5-7,10H,3-4H2,1-2H3,(H,11,12);1-2H3. The minimum atomic E-state index is -0.966. The molecule has 0 aromatic rings. The lowest BCUT2D eigenvalue weighted by Gasteiger charge is -2.35. The molecule has 1 aliphatic rings. The first-order valence-corrected chi connectivity index (χ1v) is 5.30. The molecule has 1 rings (SSSR count). The first-order chi connectivity index (χ1) is 7.00. The fourth-order valence-electron chi connectivity index (χ4n) is 1.56. The van der Waals surface area contributed by atoms with E-state index in [9.17, 15) is 9.90 Å². The van der Waals surface area contributed by atoms with E-state index in [4.69, 9.17) is 9.84 Å². The molecular weight excluding hydrogens is 198 g/mol. The number of carbonyl (C=O) groups is 1. The first kappa shape index (κ1) is 14.2. The van der Waals surface area contributed by atoms with Gasteiger partial charge in [0.2, 0.25) is 0 Å². The molecule has 1 fully saturated rings. The van der Waals surface area contributed by atoms with Crippen molar-refractivity contribution in [1.29, 1.82) is 0 Å². The lowest BCUT2D eigenvalue weighted by atomic mass is 10.0. The van der Waals surface area contributed by atoms with Crippen molar-refractivity contribution in [1.82, 2.24) is 4.90 Å². The number of rotatable bonds is 1. The van der Waals surface area contributed by atoms with Crippen LogP contribution in [-0.4, -0.2) is 46.7 Å². The van der Waals surface area contributed by atoms with Crippen molar-refractivity contribution in [2.75, 3.05) is 7.05 Å². The Morgan fingerprint density at radius 1 is 1.40 bits per heavy atom. The van der Waals surface area contributed by atoms with Crippen LogP contribution in [0.5, 0.6) is 0 Å². The normalized spacial score (nSPS) is 30.1. The van der Waals surface area contributed by atoms with E-state index in [1.165, 1.54) is 11.9 Å². The van der Waals surface area contributed by atoms with Crippen molar-refractivity contribution in [3.8, 4) is 0 Å². The predicted octanol–water partition coefficient (Wildman–Crippen LogP) is 1.51. The number of hydrogen-bond donors (Lipinski definition) is 2. The summed E-state index contributed by atoms with van der Waals surface area (Å²) in [4.78, 5) is 11.8. The van der Waals surface area contributed by atoms with Gasteiger partial charge in [-0.2, -0.15) is 0 Å². The number of ether oxygens (including phenoxy) is 1. The van der Waals surface area contributed by atoms with E-state index >= 15 is 0 Å². The molecule has 15 heavy (non-hydrogen) atoms. The zero-order valence-electron chi connectivity index (χ0n) is 9.80. The molecule has 3 atom stereocenters. The van der Waals surface area contributed by atoms with Gasteiger partial charge in [-0.3, -0.25) is 0 Å². The van der Waals surface area contributed by atoms with Crippen molar-refractivity contribution in [3.63, 3.8) is 0 Å². The van der Waals surface area contributed by atoms with Crippen molar-refractivity contribution in [2.24, 2.45) is 0 Å². The quantitative estimate of drug-likeness (QED) is 0.701. The molecule has 3 unspecified atom stereocenters. The summed E-state index contributed by atoms with van der Waals surface area (Å²) < 4.78 is 5.08. The summed E-state index contributed by atoms with van der Waals surface area (Å²) in [7, 11) is 1.51. The van der Waals surface area contributed by atoms with E-state index in [1.54, 1.807) is 0 Å².